The largest absolute Gasteiger partial charge is 0.309 e. The van der Waals surface area contributed by atoms with Crippen molar-refractivity contribution >= 4 is 49.4 Å². The number of rotatable bonds is 4. The number of fused-ring (bicyclic) bond motifs is 13. The highest BCUT2D eigenvalue weighted by Gasteiger charge is 2.52. The number of nitrogens with zero attached hydrogens (tertiary/aromatic N) is 1. The Labute approximate surface area is 339 Å². The van der Waals surface area contributed by atoms with Crippen LogP contribution in [-0.4, -0.2) is 0 Å². The molecule has 58 heavy (non-hydrogen) atoms. The summed E-state index contributed by atoms with van der Waals surface area (Å²) in [5.41, 5.74) is 18.6. The minimum Gasteiger partial charge on any atom is -0.309 e. The van der Waals surface area contributed by atoms with Crippen LogP contribution in [0.3, 0.4) is 0 Å². The van der Waals surface area contributed by atoms with Crippen molar-refractivity contribution in [3.63, 3.8) is 0 Å². The fraction of sp³-hybridized carbons (Fsp3) is 0.0526. The summed E-state index contributed by atoms with van der Waals surface area (Å²) in [6, 6.07) is 75.1. The maximum Gasteiger partial charge on any atom is 0.0726 e. The molecule has 1 spiro atoms. The van der Waals surface area contributed by atoms with Gasteiger partial charge in [0.15, 0.2) is 0 Å². The van der Waals surface area contributed by atoms with Gasteiger partial charge in [-0.25, -0.2) is 0 Å². The lowest BCUT2D eigenvalue weighted by molar-refractivity contribution is 0.794. The quantitative estimate of drug-likeness (QED) is 0.174. The molecule has 272 valence electrons. The van der Waals surface area contributed by atoms with Gasteiger partial charge in [0, 0.05) is 16.5 Å². The van der Waals surface area contributed by atoms with Crippen LogP contribution >= 0.6 is 0 Å². The van der Waals surface area contributed by atoms with Crippen molar-refractivity contribution in [2.45, 2.75) is 19.3 Å². The fourth-order valence-electron chi connectivity index (χ4n) is 10.6. The van der Waals surface area contributed by atoms with Gasteiger partial charge in [0.2, 0.25) is 0 Å². The molecule has 0 atom stereocenters. The maximum atomic E-state index is 2.52. The van der Waals surface area contributed by atoms with E-state index in [4.69, 9.17) is 0 Å². The summed E-state index contributed by atoms with van der Waals surface area (Å²) in [5.74, 6) is 0. The topological polar surface area (TPSA) is 3.24 Å². The number of anilines is 3. The Hall–Kier alpha value is -7.22. The second kappa shape index (κ2) is 12.4. The first kappa shape index (κ1) is 33.0. The van der Waals surface area contributed by atoms with Crippen molar-refractivity contribution in [1.82, 2.24) is 0 Å². The number of hydrogen-bond acceptors (Lipinski definition) is 1. The molecule has 1 heteroatoms. The molecule has 0 aliphatic heterocycles. The molecule has 0 N–H and O–H groups in total. The molecule has 0 saturated heterocycles. The summed E-state index contributed by atoms with van der Waals surface area (Å²) >= 11 is 0. The van der Waals surface area contributed by atoms with Gasteiger partial charge in [-0.3, -0.25) is 0 Å². The first-order valence-corrected chi connectivity index (χ1v) is 20.3. The third kappa shape index (κ3) is 4.47. The molecular formula is C57H39N. The lowest BCUT2D eigenvalue weighted by Gasteiger charge is -2.33. The van der Waals surface area contributed by atoms with Gasteiger partial charge in [0.05, 0.1) is 16.8 Å². The molecule has 12 rings (SSSR count). The lowest BCUT2D eigenvalue weighted by atomic mass is 9.70. The minimum atomic E-state index is -0.485. The summed E-state index contributed by atoms with van der Waals surface area (Å²) < 4.78 is 0. The van der Waals surface area contributed by atoms with E-state index in [0.29, 0.717) is 0 Å². The van der Waals surface area contributed by atoms with Gasteiger partial charge in [0.25, 0.3) is 0 Å². The number of hydrogen-bond donors (Lipinski definition) is 0. The van der Waals surface area contributed by atoms with E-state index in [2.05, 4.69) is 219 Å². The average molecular weight is 738 g/mol. The van der Waals surface area contributed by atoms with Crippen LogP contribution in [-0.2, 0) is 5.41 Å². The molecule has 0 fully saturated rings. The zero-order valence-electron chi connectivity index (χ0n) is 32.5. The summed E-state index contributed by atoms with van der Waals surface area (Å²) in [7, 11) is 0. The Morgan fingerprint density at radius 3 is 1.48 bits per heavy atom. The molecule has 0 aromatic heterocycles. The van der Waals surface area contributed by atoms with Crippen molar-refractivity contribution in [1.29, 1.82) is 0 Å². The molecule has 10 aromatic carbocycles. The molecule has 0 heterocycles. The van der Waals surface area contributed by atoms with E-state index in [0.717, 1.165) is 5.69 Å². The van der Waals surface area contributed by atoms with Crippen molar-refractivity contribution in [3.8, 4) is 33.4 Å². The molecule has 0 amide bonds. The summed E-state index contributed by atoms with van der Waals surface area (Å²) in [5, 5.41) is 7.55. The van der Waals surface area contributed by atoms with Crippen LogP contribution in [0.5, 0.6) is 0 Å². The molecule has 0 radical (unpaired) electrons. The zero-order chi connectivity index (χ0) is 38.5. The van der Waals surface area contributed by atoms with E-state index in [1.807, 2.05) is 0 Å². The van der Waals surface area contributed by atoms with Crippen LogP contribution in [0.4, 0.5) is 17.1 Å². The van der Waals surface area contributed by atoms with E-state index in [-0.39, 0.29) is 0 Å². The zero-order valence-corrected chi connectivity index (χ0v) is 32.5. The highest BCUT2D eigenvalue weighted by molar-refractivity contribution is 6.07. The fourth-order valence-corrected chi connectivity index (χ4v) is 10.6. The second-order valence-electron chi connectivity index (χ2n) is 16.1. The molecular weight excluding hydrogens is 699 g/mol. The van der Waals surface area contributed by atoms with Gasteiger partial charge in [0.1, 0.15) is 0 Å². The molecule has 0 unspecified atom stereocenters. The van der Waals surface area contributed by atoms with Gasteiger partial charge in [-0.2, -0.15) is 0 Å². The minimum absolute atomic E-state index is 0.485. The van der Waals surface area contributed by atoms with Crippen molar-refractivity contribution < 1.29 is 0 Å². The predicted octanol–water partition coefficient (Wildman–Crippen LogP) is 15.2. The van der Waals surface area contributed by atoms with Crippen LogP contribution < -0.4 is 4.90 Å². The Morgan fingerprint density at radius 1 is 0.328 bits per heavy atom. The van der Waals surface area contributed by atoms with Gasteiger partial charge < -0.3 is 4.90 Å². The van der Waals surface area contributed by atoms with E-state index in [1.165, 1.54) is 110 Å². The highest BCUT2D eigenvalue weighted by atomic mass is 15.1. The van der Waals surface area contributed by atoms with Crippen LogP contribution in [0.15, 0.2) is 200 Å². The molecule has 1 nitrogen and oxygen atoms in total. The Kier molecular flexibility index (Phi) is 7.04. The molecule has 0 saturated carbocycles. The Bertz CT molecular complexity index is 3190. The molecule has 0 bridgehead atoms. The Morgan fingerprint density at radius 2 is 0.828 bits per heavy atom. The average Bonchev–Trinajstić information content (AvgIpc) is 3.74. The summed E-state index contributed by atoms with van der Waals surface area (Å²) in [4.78, 5) is 2.52. The number of aryl methyl sites for hydroxylation is 2. The van der Waals surface area contributed by atoms with Gasteiger partial charge in [-0.15, -0.1) is 0 Å². The summed E-state index contributed by atoms with van der Waals surface area (Å²) in [6.45, 7) is 4.44. The second-order valence-corrected chi connectivity index (χ2v) is 16.1. The smallest absolute Gasteiger partial charge is 0.0726 e. The van der Waals surface area contributed by atoms with Crippen LogP contribution in [0.1, 0.15) is 33.4 Å². The predicted molar refractivity (Wildman–Crippen MR) is 245 cm³/mol. The standard InChI is InChI=1S/C57H39N/c1-36-26-32-55(48-21-7-5-16-41(36)48)58(56-33-27-37(2)42-17-6-8-22-49(42)56)40-29-30-47-50-34-39(44-23-13-15-38-14-3-4-18-43(38)44)28-31-53(50)57(54(47)35-40)51-24-11-9-19-45(51)46-20-10-12-25-52(46)57/h3-35H,1-2H3. The first-order valence-electron chi connectivity index (χ1n) is 20.3. The normalized spacial score (nSPS) is 13.1. The van der Waals surface area contributed by atoms with Gasteiger partial charge >= 0.3 is 0 Å². The van der Waals surface area contributed by atoms with Crippen molar-refractivity contribution in [2.75, 3.05) is 4.90 Å². The highest BCUT2D eigenvalue weighted by Crippen LogP contribution is 2.64. The first-order chi connectivity index (χ1) is 28.6. The maximum absolute atomic E-state index is 2.52. The molecule has 2 aliphatic rings. The Balaban J connectivity index is 1.18. The van der Waals surface area contributed by atoms with Gasteiger partial charge in [-0.05, 0) is 132 Å². The monoisotopic (exact) mass is 737 g/mol. The van der Waals surface area contributed by atoms with Crippen molar-refractivity contribution in [2.24, 2.45) is 0 Å². The molecule has 2 aliphatic carbocycles. The van der Waals surface area contributed by atoms with E-state index < -0.39 is 5.41 Å². The summed E-state index contributed by atoms with van der Waals surface area (Å²) in [6.07, 6.45) is 0. The SMILES string of the molecule is Cc1ccc(N(c2ccc3c(c2)C2(c4ccccc4-c4ccccc42)c2ccc(-c4cccc5ccccc45)cc2-3)c2ccc(C)c3ccccc23)c2ccccc12. The third-order valence-electron chi connectivity index (χ3n) is 13.2. The van der Waals surface area contributed by atoms with Crippen molar-refractivity contribution in [3.05, 3.63) is 234 Å². The van der Waals surface area contributed by atoms with Gasteiger partial charge in [-0.1, -0.05) is 170 Å². The van der Waals surface area contributed by atoms with E-state index >= 15 is 0 Å². The van der Waals surface area contributed by atoms with Crippen LogP contribution in [0, 0.1) is 13.8 Å². The molecule has 10 aromatic rings. The van der Waals surface area contributed by atoms with E-state index in [1.54, 1.807) is 0 Å². The third-order valence-corrected chi connectivity index (χ3v) is 13.2. The van der Waals surface area contributed by atoms with Crippen LogP contribution in [0.25, 0.3) is 65.7 Å². The van der Waals surface area contributed by atoms with Crippen LogP contribution in [0.2, 0.25) is 0 Å². The van der Waals surface area contributed by atoms with E-state index in [9.17, 15) is 0 Å². The number of benzene rings is 10. The lowest BCUT2D eigenvalue weighted by Crippen LogP contribution is -2.26.